The van der Waals surface area contributed by atoms with Gasteiger partial charge in [0.15, 0.2) is 0 Å². The summed E-state index contributed by atoms with van der Waals surface area (Å²) in [4.78, 5) is 206. The molecule has 106 heavy (non-hydrogen) atoms. The van der Waals surface area contributed by atoms with Crippen molar-refractivity contribution >= 4 is 99.6 Å². The second-order valence-corrected chi connectivity index (χ2v) is 26.5. The SMILES string of the molecule is CCCCCC(=O)N[C@@H](C(=O)N[C@H](CCN)C(=O)NCC(=O)N[C@H](CO)C(=O)N[C@H](Cc1c[nH]c2ccccc12)C(=O)N[C@@H](CO)C(=O)N[C@@H](CCN)C(=O)N[C@H](CCN)C(=O)N[C@@H](Cc1ccccc1)C(=O)N[C@@H](CCC(=O)O)C(=O)N[C@H](C(=O)N[C@@H](C(=O)N[C@@H](C)C(=O)O)[C@@H](C)CC)C(C)C)C(C)C. The number of para-hydroxylation sites is 1. The molecule has 588 valence electrons. The van der Waals surface area contributed by atoms with Gasteiger partial charge >= 0.3 is 11.9 Å². The molecule has 36 heteroatoms. The number of aromatic nitrogens is 1. The van der Waals surface area contributed by atoms with Crippen molar-refractivity contribution in [2.45, 2.75) is 205 Å². The Labute approximate surface area is 615 Å². The van der Waals surface area contributed by atoms with Gasteiger partial charge in [-0.05, 0) is 93.6 Å². The second-order valence-electron chi connectivity index (χ2n) is 26.5. The standard InChI is InChI=1S/C70H109N17O19/c1-9-11-13-22-53(90)85-56(37(3)4)67(102)81-46(25-28-71)59(94)75-34-54(91)77-51(35-88)65(100)83-50(32-42-33-74-44-21-17-16-20-43(42)44)64(99)84-52(36-89)66(101)80-47(26-29-72)60(95)79-48(27-30-73)61(96)82-49(31-41-18-14-12-15-19-41)63(98)78-45(23-24-55(92)93)62(97)86-57(38(5)6)68(103)87-58(39(7)10-2)69(104)76-40(8)70(105)106/h12,14-21,33,37-40,45-52,56-58,74,88-89H,9-11,13,22-32,34-36,71-73H2,1-8H3,(H,75,94)(H,76,104)(H,77,91)(H,78,98)(H,79,95)(H,80,101)(H,81,102)(H,82,96)(H,83,100)(H,84,99)(H,85,90)(H,86,97)(H,87,103)(H,92,93)(H,105,106)/t39-,40-,45-,46+,47-,48+,49-,50+,51+,52-,56+,57-,58+/m0/s1. The van der Waals surface area contributed by atoms with E-state index >= 15 is 0 Å². The summed E-state index contributed by atoms with van der Waals surface area (Å²) in [6.45, 7) is 9.58. The van der Waals surface area contributed by atoms with Crippen LogP contribution in [-0.2, 0) is 84.8 Å². The number of nitrogens with one attached hydrogen (secondary N) is 14. The number of hydrogen-bond acceptors (Lipinski definition) is 20. The molecule has 0 bridgehead atoms. The van der Waals surface area contributed by atoms with Gasteiger partial charge in [-0.25, -0.2) is 0 Å². The summed E-state index contributed by atoms with van der Waals surface area (Å²) in [5.74, 6) is -16.4. The van der Waals surface area contributed by atoms with Gasteiger partial charge in [-0.3, -0.25) is 71.9 Å². The van der Waals surface area contributed by atoms with Gasteiger partial charge in [0.25, 0.3) is 0 Å². The second kappa shape index (κ2) is 46.6. The number of benzene rings is 2. The van der Waals surface area contributed by atoms with Crippen LogP contribution in [0.1, 0.15) is 131 Å². The van der Waals surface area contributed by atoms with Crippen LogP contribution < -0.4 is 86.3 Å². The van der Waals surface area contributed by atoms with Crippen molar-refractivity contribution in [2.24, 2.45) is 35.0 Å². The molecule has 0 radical (unpaired) electrons. The summed E-state index contributed by atoms with van der Waals surface area (Å²) in [7, 11) is 0. The third-order valence-electron chi connectivity index (χ3n) is 17.3. The average Bonchev–Trinajstić information content (AvgIpc) is 1.63. The van der Waals surface area contributed by atoms with Gasteiger partial charge in [0.2, 0.25) is 76.8 Å². The Morgan fingerprint density at radius 3 is 1.36 bits per heavy atom. The highest BCUT2D eigenvalue weighted by molar-refractivity contribution is 6.00. The molecule has 0 aliphatic carbocycles. The number of aliphatic hydroxyl groups is 2. The van der Waals surface area contributed by atoms with E-state index in [1.165, 1.54) is 6.92 Å². The number of aliphatic carboxylic acids is 2. The molecule has 0 aliphatic heterocycles. The number of unbranched alkanes of at least 4 members (excludes halogenated alkanes) is 2. The van der Waals surface area contributed by atoms with E-state index in [4.69, 9.17) is 17.2 Å². The first-order valence-corrected chi connectivity index (χ1v) is 35.5. The van der Waals surface area contributed by atoms with Gasteiger partial charge in [0.05, 0.1) is 19.8 Å². The number of carboxylic acids is 2. The molecule has 1 heterocycles. The van der Waals surface area contributed by atoms with Gasteiger partial charge in [-0.2, -0.15) is 0 Å². The summed E-state index contributed by atoms with van der Waals surface area (Å²) >= 11 is 0. The van der Waals surface area contributed by atoms with E-state index in [0.29, 0.717) is 34.9 Å². The Hall–Kier alpha value is -10.2. The van der Waals surface area contributed by atoms with Crippen molar-refractivity contribution in [3.63, 3.8) is 0 Å². The molecule has 0 fully saturated rings. The highest BCUT2D eigenvalue weighted by Gasteiger charge is 2.38. The van der Waals surface area contributed by atoms with Crippen LogP contribution in [-0.4, -0.2) is 226 Å². The first kappa shape index (κ1) is 90.0. The van der Waals surface area contributed by atoms with E-state index in [1.54, 1.807) is 102 Å². The summed E-state index contributed by atoms with van der Waals surface area (Å²) in [5.41, 5.74) is 19.2. The van der Waals surface area contributed by atoms with E-state index in [2.05, 4.69) is 74.1 Å². The van der Waals surface area contributed by atoms with Crippen molar-refractivity contribution in [1.82, 2.24) is 74.1 Å². The highest BCUT2D eigenvalue weighted by atomic mass is 16.4. The molecule has 1 aromatic heterocycles. The molecular formula is C70H109N17O19. The highest BCUT2D eigenvalue weighted by Crippen LogP contribution is 2.20. The minimum atomic E-state index is -1.87. The Kier molecular flexibility index (Phi) is 39.6. The summed E-state index contributed by atoms with van der Waals surface area (Å²) in [5, 5.41) is 72.9. The summed E-state index contributed by atoms with van der Waals surface area (Å²) < 4.78 is 0. The summed E-state index contributed by atoms with van der Waals surface area (Å²) in [6.07, 6.45) is 1.93. The quantitative estimate of drug-likeness (QED) is 0.0239. The Balaban J connectivity index is 1.86. The number of nitrogens with two attached hydrogens (primary N) is 3. The van der Waals surface area contributed by atoms with Crippen LogP contribution in [0.2, 0.25) is 0 Å². The molecule has 13 atom stereocenters. The third kappa shape index (κ3) is 30.1. The molecule has 0 spiro atoms. The number of rotatable bonds is 49. The zero-order valence-electron chi connectivity index (χ0n) is 61.3. The molecular weight excluding hydrogens is 1380 g/mol. The number of carbonyl (C=O) groups excluding carboxylic acids is 13. The van der Waals surface area contributed by atoms with Crippen molar-refractivity contribution in [2.75, 3.05) is 39.4 Å². The molecule has 0 aliphatic rings. The maximum atomic E-state index is 14.5. The third-order valence-corrected chi connectivity index (χ3v) is 17.3. The average molecular weight is 1490 g/mol. The van der Waals surface area contributed by atoms with Gasteiger partial charge in [-0.15, -0.1) is 0 Å². The monoisotopic (exact) mass is 1490 g/mol. The smallest absolute Gasteiger partial charge is 0.325 e. The van der Waals surface area contributed by atoms with Crippen molar-refractivity contribution < 1.29 is 92.3 Å². The number of hydrogen-bond donors (Lipinski definition) is 21. The molecule has 2 aromatic carbocycles. The number of aliphatic hydroxyl groups excluding tert-OH is 2. The minimum Gasteiger partial charge on any atom is -0.481 e. The predicted molar refractivity (Wildman–Crippen MR) is 387 cm³/mol. The van der Waals surface area contributed by atoms with Crippen molar-refractivity contribution in [3.05, 3.63) is 71.9 Å². The lowest BCUT2D eigenvalue weighted by Gasteiger charge is -2.30. The molecule has 13 amide bonds. The molecule has 36 nitrogen and oxygen atoms in total. The van der Waals surface area contributed by atoms with Crippen molar-refractivity contribution in [1.29, 1.82) is 0 Å². The largest absolute Gasteiger partial charge is 0.481 e. The molecule has 3 aromatic rings. The number of carboxylic acid groups (broad SMARTS) is 2. The predicted octanol–water partition coefficient (Wildman–Crippen LogP) is -4.17. The minimum absolute atomic E-state index is 0.0723. The topological polar surface area (TPSA) is 587 Å². The van der Waals surface area contributed by atoms with Gasteiger partial charge in [0.1, 0.15) is 72.5 Å². The van der Waals surface area contributed by atoms with Crippen LogP contribution in [0.4, 0.5) is 0 Å². The van der Waals surface area contributed by atoms with E-state index in [-0.39, 0.29) is 70.0 Å². The number of aromatic amines is 1. The Bertz CT molecular complexity index is 3450. The number of carbonyl (C=O) groups is 15. The maximum absolute atomic E-state index is 14.5. The first-order chi connectivity index (χ1) is 50.3. The maximum Gasteiger partial charge on any atom is 0.325 e. The van der Waals surface area contributed by atoms with E-state index < -0.39 is 200 Å². The lowest BCUT2D eigenvalue weighted by Crippen LogP contribution is -2.62. The first-order valence-electron chi connectivity index (χ1n) is 35.5. The fourth-order valence-corrected chi connectivity index (χ4v) is 10.9. The van der Waals surface area contributed by atoms with E-state index in [1.807, 2.05) is 6.92 Å². The van der Waals surface area contributed by atoms with Crippen LogP contribution in [0.25, 0.3) is 10.9 Å². The van der Waals surface area contributed by atoms with Gasteiger partial charge in [0, 0.05) is 42.8 Å². The zero-order chi connectivity index (χ0) is 79.3. The van der Waals surface area contributed by atoms with Gasteiger partial charge in [-0.1, -0.05) is 116 Å². The molecule has 0 unspecified atom stereocenters. The summed E-state index contributed by atoms with van der Waals surface area (Å²) in [6, 6.07) is -2.92. The van der Waals surface area contributed by atoms with Crippen LogP contribution in [0.5, 0.6) is 0 Å². The number of amides is 13. The Morgan fingerprint density at radius 1 is 0.425 bits per heavy atom. The van der Waals surface area contributed by atoms with E-state index in [0.717, 1.165) is 12.8 Å². The molecule has 24 N–H and O–H groups in total. The fraction of sp³-hybridized carbons (Fsp3) is 0.586. The molecule has 0 saturated heterocycles. The lowest BCUT2D eigenvalue weighted by molar-refractivity contribution is -0.142. The van der Waals surface area contributed by atoms with Gasteiger partial charge < -0.3 is 112 Å². The van der Waals surface area contributed by atoms with Crippen LogP contribution in [0.15, 0.2) is 60.8 Å². The van der Waals surface area contributed by atoms with Crippen LogP contribution in [0, 0.1) is 17.8 Å². The zero-order valence-corrected chi connectivity index (χ0v) is 61.3. The van der Waals surface area contributed by atoms with E-state index in [9.17, 15) is 92.3 Å². The Morgan fingerprint density at radius 2 is 0.849 bits per heavy atom. The fourth-order valence-electron chi connectivity index (χ4n) is 10.9. The molecule has 3 rings (SSSR count). The number of H-pyrrole nitrogens is 1. The normalized spacial score (nSPS) is 14.9. The van der Waals surface area contributed by atoms with Crippen LogP contribution >= 0.6 is 0 Å². The molecule has 0 saturated carbocycles. The lowest BCUT2D eigenvalue weighted by atomic mass is 9.96. The number of fused-ring (bicyclic) bond motifs is 1. The van der Waals surface area contributed by atoms with Crippen molar-refractivity contribution in [3.8, 4) is 0 Å². The van der Waals surface area contributed by atoms with Crippen LogP contribution in [0.3, 0.4) is 0 Å².